The van der Waals surface area contributed by atoms with Gasteiger partial charge in [-0.2, -0.15) is 13.2 Å². The summed E-state index contributed by atoms with van der Waals surface area (Å²) in [4.78, 5) is 37.7. The number of fused-ring (bicyclic) bond motifs is 5. The number of allylic oxidation sites excluding steroid dienone is 2. The number of carbonyl (C=O) groups excluding carboxylic acids is 3. The minimum Gasteiger partial charge on any atom is -0.462 e. The number of alkyl halides is 3. The highest BCUT2D eigenvalue weighted by Gasteiger charge is 2.55. The number of esters is 2. The second-order valence-corrected chi connectivity index (χ2v) is 10.9. The van der Waals surface area contributed by atoms with Crippen molar-refractivity contribution in [3.63, 3.8) is 0 Å². The number of halogens is 3. The monoisotopic (exact) mass is 500 g/mol. The van der Waals surface area contributed by atoms with E-state index in [4.69, 9.17) is 9.47 Å². The van der Waals surface area contributed by atoms with Gasteiger partial charge in [-0.1, -0.05) is 26.0 Å². The van der Waals surface area contributed by atoms with Crippen LogP contribution in [0, 0.1) is 41.4 Å². The molecule has 1 aliphatic heterocycles. The van der Waals surface area contributed by atoms with Gasteiger partial charge in [0.15, 0.2) is 0 Å². The summed E-state index contributed by atoms with van der Waals surface area (Å²) in [6, 6.07) is 0. The Bertz CT molecular complexity index is 855. The highest BCUT2D eigenvalue weighted by atomic mass is 19.4. The molecule has 3 aliphatic carbocycles. The van der Waals surface area contributed by atoms with Gasteiger partial charge < -0.3 is 14.6 Å². The molecule has 1 heterocycles. The lowest BCUT2D eigenvalue weighted by atomic mass is 9.71. The lowest BCUT2D eigenvalue weighted by Crippen LogP contribution is -2.35. The summed E-state index contributed by atoms with van der Waals surface area (Å²) in [5.74, 6) is -3.94. The fourth-order valence-electron chi connectivity index (χ4n) is 7.02. The number of cyclic esters (lactones) is 1. The number of carbonyl (C=O) groups is 3. The maximum atomic E-state index is 13.5. The van der Waals surface area contributed by atoms with Gasteiger partial charge in [-0.15, -0.1) is 0 Å². The predicted molar refractivity (Wildman–Crippen MR) is 119 cm³/mol. The van der Waals surface area contributed by atoms with Crippen LogP contribution in [0.4, 0.5) is 13.2 Å². The van der Waals surface area contributed by atoms with Crippen molar-refractivity contribution < 1.29 is 42.1 Å². The molecule has 6 nitrogen and oxygen atoms in total. The first kappa shape index (κ1) is 26.2. The molecule has 0 bridgehead atoms. The van der Waals surface area contributed by atoms with Gasteiger partial charge in [0.2, 0.25) is 0 Å². The van der Waals surface area contributed by atoms with E-state index in [1.165, 1.54) is 0 Å². The number of Topliss-reactive ketones (excluding diaryl/α,β-unsaturated/α-hetero) is 1. The Labute approximate surface area is 203 Å². The Kier molecular flexibility index (Phi) is 7.65. The maximum Gasteiger partial charge on any atom is 0.490 e. The van der Waals surface area contributed by atoms with Crippen LogP contribution in [-0.2, 0) is 23.9 Å². The first-order valence-electron chi connectivity index (χ1n) is 12.9. The minimum atomic E-state index is -5.03. The molecule has 1 saturated heterocycles. The van der Waals surface area contributed by atoms with Gasteiger partial charge in [-0.05, 0) is 74.5 Å². The summed E-state index contributed by atoms with van der Waals surface area (Å²) in [6.45, 7) is 3.70. The van der Waals surface area contributed by atoms with Crippen LogP contribution in [0.25, 0.3) is 0 Å². The molecule has 0 aromatic carbocycles. The van der Waals surface area contributed by atoms with Crippen molar-refractivity contribution in [3.05, 3.63) is 12.2 Å². The number of aliphatic hydroxyl groups excluding tert-OH is 1. The second kappa shape index (κ2) is 10.2. The molecule has 0 amide bonds. The second-order valence-electron chi connectivity index (χ2n) is 10.9. The zero-order valence-corrected chi connectivity index (χ0v) is 20.2. The Balaban J connectivity index is 1.55. The van der Waals surface area contributed by atoms with Crippen molar-refractivity contribution in [2.24, 2.45) is 41.4 Å². The average Bonchev–Trinajstić information content (AvgIpc) is 3.36. The molecule has 196 valence electrons. The zero-order chi connectivity index (χ0) is 25.5. The number of aliphatic hydroxyl groups is 1. The van der Waals surface area contributed by atoms with E-state index in [2.05, 4.69) is 0 Å². The highest BCUT2D eigenvalue weighted by Crippen LogP contribution is 2.56. The van der Waals surface area contributed by atoms with Gasteiger partial charge in [0.25, 0.3) is 0 Å². The highest BCUT2D eigenvalue weighted by molar-refractivity contribution is 5.85. The van der Waals surface area contributed by atoms with E-state index < -0.39 is 36.2 Å². The average molecular weight is 501 g/mol. The van der Waals surface area contributed by atoms with Gasteiger partial charge >= 0.3 is 18.1 Å². The summed E-state index contributed by atoms with van der Waals surface area (Å²) in [5.41, 5.74) is 0. The lowest BCUT2D eigenvalue weighted by Gasteiger charge is -2.33. The summed E-state index contributed by atoms with van der Waals surface area (Å²) < 4.78 is 48.6. The fraction of sp³-hybridized carbons (Fsp3) is 0.808. The molecule has 2 saturated carbocycles. The van der Waals surface area contributed by atoms with E-state index in [0.717, 1.165) is 0 Å². The molecule has 0 unspecified atom stereocenters. The Hall–Kier alpha value is -1.90. The summed E-state index contributed by atoms with van der Waals surface area (Å²) in [6.07, 6.45) is 0.838. The van der Waals surface area contributed by atoms with Crippen LogP contribution >= 0.6 is 0 Å². The molecule has 35 heavy (non-hydrogen) atoms. The molecule has 4 rings (SSSR count). The van der Waals surface area contributed by atoms with E-state index >= 15 is 0 Å². The van der Waals surface area contributed by atoms with Crippen molar-refractivity contribution >= 4 is 17.7 Å². The van der Waals surface area contributed by atoms with E-state index in [0.29, 0.717) is 44.9 Å². The number of rotatable bonds is 2. The van der Waals surface area contributed by atoms with Crippen LogP contribution in [-0.4, -0.2) is 47.3 Å². The van der Waals surface area contributed by atoms with Crippen molar-refractivity contribution in [2.45, 2.75) is 89.7 Å². The van der Waals surface area contributed by atoms with E-state index in [1.54, 1.807) is 6.92 Å². The molecule has 10 atom stereocenters. The predicted octanol–water partition coefficient (Wildman–Crippen LogP) is 4.39. The van der Waals surface area contributed by atoms with Gasteiger partial charge in [0.1, 0.15) is 18.0 Å². The summed E-state index contributed by atoms with van der Waals surface area (Å²) >= 11 is 0. The molecule has 0 aromatic heterocycles. The molecular formula is C26H35F3O6. The number of ketones is 1. The van der Waals surface area contributed by atoms with Crippen LogP contribution in [0.2, 0.25) is 0 Å². The fourth-order valence-corrected chi connectivity index (χ4v) is 7.02. The van der Waals surface area contributed by atoms with Gasteiger partial charge in [-0.3, -0.25) is 9.59 Å². The topological polar surface area (TPSA) is 89.9 Å². The lowest BCUT2D eigenvalue weighted by molar-refractivity contribution is -0.204. The molecule has 1 N–H and O–H groups in total. The Morgan fingerprint density at radius 2 is 1.86 bits per heavy atom. The minimum absolute atomic E-state index is 0.00258. The molecular weight excluding hydrogens is 465 g/mol. The zero-order valence-electron chi connectivity index (χ0n) is 20.2. The Morgan fingerprint density at radius 3 is 2.54 bits per heavy atom. The third-order valence-electron chi connectivity index (χ3n) is 8.86. The van der Waals surface area contributed by atoms with Crippen LogP contribution in [0.15, 0.2) is 12.2 Å². The van der Waals surface area contributed by atoms with Gasteiger partial charge in [-0.25, -0.2) is 4.79 Å². The van der Waals surface area contributed by atoms with E-state index in [-0.39, 0.29) is 53.9 Å². The van der Waals surface area contributed by atoms with E-state index in [1.807, 2.05) is 19.1 Å². The number of hydrogen-bond donors (Lipinski definition) is 1. The number of ether oxygens (including phenoxy) is 2. The molecule has 0 aromatic rings. The van der Waals surface area contributed by atoms with Crippen molar-refractivity contribution in [3.8, 4) is 0 Å². The molecule has 3 fully saturated rings. The molecule has 0 spiro atoms. The standard InChI is InChI=1S/C26H35F3O6/c1-3-15-5-4-6-22(30)13(2)24(32)21-11-19-17(20(21)12-23(31)34-15)8-7-14-9-16(10-18(14)19)35-25(33)26(27,28)29/h7-8,13-22,30H,3-6,9-12H2,1-2H3/t13-,14-,15+,16-,17-,18-,19-,20+,21-,22+/m1/s1. The maximum absolute atomic E-state index is 13.5. The van der Waals surface area contributed by atoms with Crippen LogP contribution in [0.1, 0.15) is 65.2 Å². The molecule has 4 aliphatic rings. The van der Waals surface area contributed by atoms with Crippen molar-refractivity contribution in [1.82, 2.24) is 0 Å². The van der Waals surface area contributed by atoms with Crippen LogP contribution in [0.5, 0.6) is 0 Å². The summed E-state index contributed by atoms with van der Waals surface area (Å²) in [5, 5.41) is 10.7. The first-order valence-corrected chi connectivity index (χ1v) is 12.9. The van der Waals surface area contributed by atoms with Crippen LogP contribution in [0.3, 0.4) is 0 Å². The molecule has 0 radical (unpaired) electrons. The van der Waals surface area contributed by atoms with E-state index in [9.17, 15) is 32.7 Å². The third kappa shape index (κ3) is 5.44. The largest absolute Gasteiger partial charge is 0.490 e. The van der Waals surface area contributed by atoms with Gasteiger partial charge in [0, 0.05) is 18.3 Å². The van der Waals surface area contributed by atoms with Crippen molar-refractivity contribution in [1.29, 1.82) is 0 Å². The smallest absolute Gasteiger partial charge is 0.462 e. The van der Waals surface area contributed by atoms with Gasteiger partial charge in [0.05, 0.1) is 6.10 Å². The van der Waals surface area contributed by atoms with Crippen LogP contribution < -0.4 is 0 Å². The molecule has 9 heteroatoms. The number of hydrogen-bond acceptors (Lipinski definition) is 6. The van der Waals surface area contributed by atoms with Crippen molar-refractivity contribution in [2.75, 3.05) is 0 Å². The normalized spacial score (nSPS) is 42.2. The first-order chi connectivity index (χ1) is 16.5. The quantitative estimate of drug-likeness (QED) is 0.447. The SMILES string of the molecule is CC[C@H]1CCC[C@H](O)[C@@H](C)C(=O)[C@@H]2C[C@@H]3[C@@H](C=C[C@@H]4C[C@@H](OC(=O)C(F)(F)F)C[C@@H]34)[C@@H]2CC(=O)O1. The Morgan fingerprint density at radius 1 is 1.11 bits per heavy atom. The third-order valence-corrected chi connectivity index (χ3v) is 8.86. The summed E-state index contributed by atoms with van der Waals surface area (Å²) in [7, 11) is 0.